The van der Waals surface area contributed by atoms with Crippen molar-refractivity contribution in [1.29, 1.82) is 0 Å². The summed E-state index contributed by atoms with van der Waals surface area (Å²) in [6.07, 6.45) is 13.1. The zero-order valence-corrected chi connectivity index (χ0v) is 67.3. The number of aliphatic hydroxyl groups excluding tert-OH is 1. The highest BCUT2D eigenvalue weighted by Gasteiger charge is 2.44. The van der Waals surface area contributed by atoms with Crippen LogP contribution < -0.4 is 0 Å². The number of carbonyl (C=O) groups excluding carboxylic acids is 17. The zero-order chi connectivity index (χ0) is 93.2. The average Bonchev–Trinajstić information content (AvgIpc) is 0.855. The molecule has 0 saturated carbocycles. The molecule has 0 rings (SSSR count). The van der Waals surface area contributed by atoms with Gasteiger partial charge in [0.15, 0.2) is 0 Å². The molecule has 0 saturated heterocycles. The first-order chi connectivity index (χ1) is 57.8. The van der Waals surface area contributed by atoms with Crippen molar-refractivity contribution in [3.63, 3.8) is 0 Å². The third-order valence-electron chi connectivity index (χ3n) is 14.9. The Kier molecular flexibility index (Phi) is 58.2. The minimum atomic E-state index is -1.60. The lowest BCUT2D eigenvalue weighted by atomic mass is 9.90. The van der Waals surface area contributed by atoms with E-state index in [0.29, 0.717) is 0 Å². The molecule has 0 aromatic heterocycles. The van der Waals surface area contributed by atoms with Crippen molar-refractivity contribution in [2.75, 3.05) is 159 Å². The quantitative estimate of drug-likeness (QED) is 0.0502. The normalized spacial score (nSPS) is 10.6. The smallest absolute Gasteiger partial charge is 0.330 e. The first-order valence-electron chi connectivity index (χ1n) is 35.2. The van der Waals surface area contributed by atoms with E-state index in [1.165, 1.54) is 0 Å². The molecule has 0 amide bonds. The van der Waals surface area contributed by atoms with E-state index in [2.05, 4.69) is 105 Å². The average molecular weight is 1730 g/mol. The number of hydrogen-bond donors (Lipinski definition) is 2. The summed E-state index contributed by atoms with van der Waals surface area (Å²) >= 11 is 0. The Morgan fingerprint density at radius 2 is 0.295 bits per heavy atom. The minimum absolute atomic E-state index is 0.375. The SMILES string of the molecule is C=CC(=O)OCC(CO)(COCC(COC(=O)C=C)(COC(=O)C=C)COC(=O)C=C)COC(=O)C=C.C=CC(=O)OCC(COCC(COC(=O)C=C)(COC(=O)C=C)COC(=O)C=C)(COC(=O)C=C)COC(=O)C=C.C=CC(=O)OCC(COCC(COC(=O)C=C)(COC(=O)C=C)COC(=O)CCC(=O)O)(COC(=O)C=C)COC(=O)C=C. The van der Waals surface area contributed by atoms with E-state index in [-0.39, 0.29) is 13.2 Å². The molecule has 40 heteroatoms. The molecule has 0 spiro atoms. The van der Waals surface area contributed by atoms with Crippen LogP contribution >= 0.6 is 0 Å². The summed E-state index contributed by atoms with van der Waals surface area (Å²) in [6.45, 7) is 41.1. The van der Waals surface area contributed by atoms with Gasteiger partial charge in [-0.3, -0.25) is 9.59 Å². The number of aliphatic hydroxyl groups is 1. The predicted molar refractivity (Wildman–Crippen MR) is 420 cm³/mol. The summed E-state index contributed by atoms with van der Waals surface area (Å²) in [7, 11) is 0. The van der Waals surface area contributed by atoms with Gasteiger partial charge in [-0.2, -0.15) is 0 Å². The van der Waals surface area contributed by atoms with Gasteiger partial charge in [-0.25, -0.2) is 76.7 Å². The maximum Gasteiger partial charge on any atom is 0.330 e. The number of carboxylic acids is 1. The Balaban J connectivity index is -0.00000175. The van der Waals surface area contributed by atoms with Crippen LogP contribution in [0.25, 0.3) is 0 Å². The molecule has 670 valence electrons. The van der Waals surface area contributed by atoms with Gasteiger partial charge in [-0.1, -0.05) is 105 Å². The molecule has 0 unspecified atom stereocenters. The third-order valence-corrected chi connectivity index (χ3v) is 14.9. The Labute approximate surface area is 702 Å². The maximum absolute atomic E-state index is 12.2. The second kappa shape index (κ2) is 63.3. The van der Waals surface area contributed by atoms with Crippen LogP contribution in [0.15, 0.2) is 202 Å². The minimum Gasteiger partial charge on any atom is -0.481 e. The fraction of sp³-hybridized carbons (Fsp3) is 0.390. The number of aliphatic carboxylic acids is 1. The van der Waals surface area contributed by atoms with Crippen molar-refractivity contribution >= 4 is 107 Å². The number of carbonyl (C=O) groups is 18. The van der Waals surface area contributed by atoms with Gasteiger partial charge in [0.2, 0.25) is 0 Å². The molecule has 0 aromatic carbocycles. The van der Waals surface area contributed by atoms with Gasteiger partial charge in [0.25, 0.3) is 0 Å². The van der Waals surface area contributed by atoms with Crippen LogP contribution in [0.2, 0.25) is 0 Å². The molecule has 0 heterocycles. The second-order valence-corrected chi connectivity index (χ2v) is 25.2. The standard InChI is InChI=1S/C29H36O15.C28H34O13.C25H32O12/c1-6-22(32)39-15-28(16-40-23(33)7-2,17-41-24(34)8-3)13-38-14-29(18-42-25(35)9-4,19-43-26(36)10-5)20-44-27(37)12-11-21(30)31;1-7-21(29)36-15-27(16-37-22(30)8-2,17-38-23(31)9-3)13-35-14-28(18-39-24(32)10-4,19-40-25(33)11-5)20-41-26(34)12-6;1-6-19(27)33-14-24(11-26,15-34-20(28)7-2)12-32-13-25(16-35-21(29)8-3,17-36-22(30)9-4)18-37-23(31)10-5/h6-10H,1-5,11-20H2,(H,30,31);7-12H,1-6,13-20H2;6-10,26H,1-5,11-18H2. The predicted octanol–water partition coefficient (Wildman–Crippen LogP) is 2.99. The highest BCUT2D eigenvalue weighted by Crippen LogP contribution is 2.30. The van der Waals surface area contributed by atoms with Gasteiger partial charge >= 0.3 is 107 Å². The first-order valence-corrected chi connectivity index (χ1v) is 35.2. The van der Waals surface area contributed by atoms with Gasteiger partial charge in [-0.15, -0.1) is 0 Å². The lowest BCUT2D eigenvalue weighted by Gasteiger charge is -2.35. The summed E-state index contributed by atoms with van der Waals surface area (Å²) in [6, 6.07) is 0. The molecule has 0 radical (unpaired) electrons. The van der Waals surface area contributed by atoms with Gasteiger partial charge < -0.3 is 105 Å². The van der Waals surface area contributed by atoms with E-state index in [1.54, 1.807) is 0 Å². The van der Waals surface area contributed by atoms with Crippen molar-refractivity contribution in [2.45, 2.75) is 12.8 Å². The number of rotatable bonds is 66. The third kappa shape index (κ3) is 50.7. The highest BCUT2D eigenvalue weighted by atomic mass is 16.6. The molecular weight excluding hydrogens is 1620 g/mol. The van der Waals surface area contributed by atoms with Crippen LogP contribution in [0.1, 0.15) is 12.8 Å². The Morgan fingerprint density at radius 3 is 0.410 bits per heavy atom. The van der Waals surface area contributed by atoms with Gasteiger partial charge in [-0.05, 0) is 0 Å². The monoisotopic (exact) mass is 1730 g/mol. The molecule has 0 fully saturated rings. The number of carboxylic acid groups (broad SMARTS) is 1. The zero-order valence-electron chi connectivity index (χ0n) is 67.3. The van der Waals surface area contributed by atoms with Crippen molar-refractivity contribution in [1.82, 2.24) is 0 Å². The van der Waals surface area contributed by atoms with E-state index >= 15 is 0 Å². The maximum atomic E-state index is 12.2. The highest BCUT2D eigenvalue weighted by molar-refractivity contribution is 5.87. The molecule has 2 N–H and O–H groups in total. The van der Waals surface area contributed by atoms with E-state index in [4.69, 9.17) is 99.8 Å². The fourth-order valence-electron chi connectivity index (χ4n) is 8.01. The summed E-state index contributed by atoms with van der Waals surface area (Å²) < 4.78 is 105. The van der Waals surface area contributed by atoms with Crippen molar-refractivity contribution in [2.24, 2.45) is 32.5 Å². The van der Waals surface area contributed by atoms with Crippen LogP contribution in [0.4, 0.5) is 0 Å². The number of hydrogen-bond acceptors (Lipinski definition) is 39. The van der Waals surface area contributed by atoms with E-state index in [1.807, 2.05) is 0 Å². The van der Waals surface area contributed by atoms with E-state index in [9.17, 15) is 91.4 Å². The van der Waals surface area contributed by atoms with Crippen LogP contribution in [0, 0.1) is 32.5 Å². The Bertz CT molecular complexity index is 3390. The van der Waals surface area contributed by atoms with E-state index < -0.39 is 298 Å². The van der Waals surface area contributed by atoms with Gasteiger partial charge in [0.1, 0.15) is 112 Å². The van der Waals surface area contributed by atoms with Crippen molar-refractivity contribution < 1.29 is 191 Å². The van der Waals surface area contributed by atoms with E-state index in [0.717, 1.165) is 97.2 Å². The van der Waals surface area contributed by atoms with Crippen LogP contribution in [0.5, 0.6) is 0 Å². The fourth-order valence-corrected chi connectivity index (χ4v) is 8.01. The summed E-state index contributed by atoms with van der Waals surface area (Å²) in [5.74, 6) is -15.6. The van der Waals surface area contributed by atoms with Gasteiger partial charge in [0.05, 0.1) is 91.6 Å². The number of esters is 17. The van der Waals surface area contributed by atoms with Crippen LogP contribution in [-0.4, -0.2) is 276 Å². The topological polar surface area (TPSA) is 532 Å². The van der Waals surface area contributed by atoms with Crippen molar-refractivity contribution in [3.05, 3.63) is 202 Å². The molecule has 0 atom stereocenters. The molecule has 0 aliphatic rings. The molecule has 122 heavy (non-hydrogen) atoms. The summed E-state index contributed by atoms with van der Waals surface area (Å²) in [5.41, 5.74) is -9.00. The molecule has 40 nitrogen and oxygen atoms in total. The van der Waals surface area contributed by atoms with Crippen molar-refractivity contribution in [3.8, 4) is 0 Å². The summed E-state index contributed by atoms with van der Waals surface area (Å²) in [4.78, 5) is 212. The Morgan fingerprint density at radius 1 is 0.180 bits per heavy atom. The molecule has 0 bridgehead atoms. The van der Waals surface area contributed by atoms with Gasteiger partial charge in [0, 0.05) is 97.2 Å². The molecular formula is C82H102O40. The largest absolute Gasteiger partial charge is 0.481 e. The van der Waals surface area contributed by atoms with Crippen LogP contribution in [0.3, 0.4) is 0 Å². The Hall–Kier alpha value is -13.9. The lowest BCUT2D eigenvalue weighted by Crippen LogP contribution is -2.47. The number of ether oxygens (including phenoxy) is 20. The summed E-state index contributed by atoms with van der Waals surface area (Å²) in [5, 5.41) is 18.9. The second-order valence-electron chi connectivity index (χ2n) is 25.2. The lowest BCUT2D eigenvalue weighted by molar-refractivity contribution is -0.174. The first kappa shape index (κ1) is 112. The molecule has 0 aliphatic carbocycles. The van der Waals surface area contributed by atoms with Crippen LogP contribution in [-0.2, 0) is 181 Å². The molecule has 0 aromatic rings. The molecule has 0 aliphatic heterocycles.